The zero-order valence-electron chi connectivity index (χ0n) is 17.6. The summed E-state index contributed by atoms with van der Waals surface area (Å²) < 4.78 is 0. The second kappa shape index (κ2) is 14.9. The quantitative estimate of drug-likeness (QED) is 0.173. The van der Waals surface area contributed by atoms with Crippen LogP contribution in [0.1, 0.15) is 38.5 Å². The Bertz CT molecular complexity index is 646. The molecular formula is C20H30N2O10Pt. The molecule has 1 fully saturated rings. The number of aliphatic hydroxyl groups is 6. The van der Waals surface area contributed by atoms with Crippen molar-refractivity contribution in [3.63, 3.8) is 0 Å². The smallest absolute Gasteiger partial charge is 0.676 e. The van der Waals surface area contributed by atoms with Crippen molar-refractivity contribution in [3.8, 4) is 0 Å². The molecule has 0 aromatic rings. The van der Waals surface area contributed by atoms with Gasteiger partial charge in [0.1, 0.15) is 24.4 Å². The third-order valence-electron chi connectivity index (χ3n) is 5.38. The third-order valence-corrected chi connectivity index (χ3v) is 5.38. The second-order valence-electron chi connectivity index (χ2n) is 7.96. The van der Waals surface area contributed by atoms with Gasteiger partial charge in [-0.3, -0.25) is 0 Å². The van der Waals surface area contributed by atoms with Crippen LogP contribution >= 0.6 is 0 Å². The normalized spacial score (nSPS) is 35.8. The van der Waals surface area contributed by atoms with E-state index in [1.165, 1.54) is 12.8 Å². The van der Waals surface area contributed by atoms with Crippen LogP contribution in [0.3, 0.4) is 0 Å². The number of carbonyl (C=O) groups is 2. The maximum absolute atomic E-state index is 10.3. The molecule has 1 saturated carbocycles. The summed E-state index contributed by atoms with van der Waals surface area (Å²) in [4.78, 5) is 20.5. The average molecular weight is 654 g/mol. The molecule has 0 aromatic heterocycles. The molecule has 0 radical (unpaired) electrons. The number of carbonyl (C=O) groups excluding carboxylic acids is 2. The molecule has 0 aliphatic heterocycles. The Morgan fingerprint density at radius 1 is 0.727 bits per heavy atom. The van der Waals surface area contributed by atoms with Gasteiger partial charge in [0, 0.05) is 12.8 Å². The van der Waals surface area contributed by atoms with Crippen LogP contribution in [-0.2, 0) is 30.7 Å². The van der Waals surface area contributed by atoms with Gasteiger partial charge in [-0.15, -0.1) is 0 Å². The number of aliphatic carboxylic acids is 2. The van der Waals surface area contributed by atoms with Gasteiger partial charge in [-0.2, -0.15) is 12.1 Å². The van der Waals surface area contributed by atoms with Crippen LogP contribution in [0.15, 0.2) is 23.3 Å². The van der Waals surface area contributed by atoms with Gasteiger partial charge in [-0.1, -0.05) is 25.7 Å². The first-order valence-corrected chi connectivity index (χ1v) is 10.2. The number of carboxylic acid groups (broad SMARTS) is 2. The van der Waals surface area contributed by atoms with Crippen LogP contribution in [0.4, 0.5) is 0 Å². The van der Waals surface area contributed by atoms with Gasteiger partial charge >= 0.3 is 21.1 Å². The molecule has 8 N–H and O–H groups in total. The first-order chi connectivity index (χ1) is 14.8. The Labute approximate surface area is 205 Å². The molecule has 8 atom stereocenters. The standard InChI is InChI=1S/2C7H10O5.C6H12N2.Pt/c2*8-4-1-3(7(11)12)2-5(9)6(4)10;7-5-3-1-2-4-6(5)8;/h2*1,4-6,8-10H,2H2,(H,11,12);5-8H,1-4H2;/q;;-2;+4/p-2. The molecule has 3 aliphatic rings. The Morgan fingerprint density at radius 2 is 1.03 bits per heavy atom. The van der Waals surface area contributed by atoms with Crippen molar-refractivity contribution in [2.24, 2.45) is 0 Å². The fraction of sp³-hybridized carbons (Fsp3) is 0.700. The number of carboxylic acids is 2. The van der Waals surface area contributed by atoms with E-state index in [0.717, 1.165) is 25.0 Å². The van der Waals surface area contributed by atoms with E-state index in [9.17, 15) is 19.8 Å². The first kappa shape index (κ1) is 31.8. The molecule has 0 bridgehead atoms. The van der Waals surface area contributed by atoms with Crippen molar-refractivity contribution in [2.45, 2.75) is 87.2 Å². The van der Waals surface area contributed by atoms with Crippen molar-refractivity contribution < 1.29 is 71.5 Å². The van der Waals surface area contributed by atoms with Crippen molar-refractivity contribution in [1.82, 2.24) is 0 Å². The summed E-state index contributed by atoms with van der Waals surface area (Å²) in [7, 11) is 0. The third kappa shape index (κ3) is 10.3. The van der Waals surface area contributed by atoms with Crippen LogP contribution in [-0.4, -0.2) is 91.3 Å². The van der Waals surface area contributed by atoms with Gasteiger partial charge in [0.15, 0.2) is 0 Å². The summed E-state index contributed by atoms with van der Waals surface area (Å²) in [5.41, 5.74) is 14.2. The Kier molecular flexibility index (Phi) is 14.4. The molecule has 0 spiro atoms. The minimum atomic E-state index is -1.43. The van der Waals surface area contributed by atoms with Gasteiger partial charge in [0.2, 0.25) is 0 Å². The number of aliphatic hydroxyl groups excluding tert-OH is 6. The molecule has 190 valence electrons. The summed E-state index contributed by atoms with van der Waals surface area (Å²) >= 11 is 0. The van der Waals surface area contributed by atoms with Crippen LogP contribution < -0.4 is 10.2 Å². The fourth-order valence-electron chi connectivity index (χ4n) is 3.33. The molecule has 3 rings (SSSR count). The largest absolute Gasteiger partial charge is 4.00 e. The van der Waals surface area contributed by atoms with E-state index in [-0.39, 0.29) is 57.1 Å². The summed E-state index contributed by atoms with van der Waals surface area (Å²) in [6.45, 7) is 0. The first-order valence-electron chi connectivity index (χ1n) is 10.2. The number of nitrogens with one attached hydrogen (secondary N) is 2. The SMILES string of the molecule is O=C([O-])C1=CC(O)C(O)C(O)C1.O=C([O-])C1=CC(O)C(O)C(O)C1.[NH-]C1CCCCC1[NH-].[Pt+4]. The minimum Gasteiger partial charge on any atom is -0.676 e. The molecule has 8 unspecified atom stereocenters. The molecule has 0 heterocycles. The molecule has 0 aromatic carbocycles. The summed E-state index contributed by atoms with van der Waals surface area (Å²) in [5.74, 6) is -2.86. The average Bonchev–Trinajstić information content (AvgIpc) is 2.72. The van der Waals surface area contributed by atoms with E-state index < -0.39 is 48.6 Å². The maximum Gasteiger partial charge on any atom is 4.00 e. The molecule has 33 heavy (non-hydrogen) atoms. The molecule has 0 amide bonds. The van der Waals surface area contributed by atoms with Gasteiger partial charge in [-0.05, 0) is 23.3 Å². The monoisotopic (exact) mass is 653 g/mol. The predicted molar refractivity (Wildman–Crippen MR) is 106 cm³/mol. The number of hydrogen-bond donors (Lipinski definition) is 6. The topological polar surface area (TPSA) is 249 Å². The van der Waals surface area contributed by atoms with E-state index >= 15 is 0 Å². The van der Waals surface area contributed by atoms with E-state index in [1.807, 2.05) is 0 Å². The molecule has 12 nitrogen and oxygen atoms in total. The van der Waals surface area contributed by atoms with E-state index in [4.69, 9.17) is 42.1 Å². The Hall–Kier alpha value is -1.21. The van der Waals surface area contributed by atoms with Crippen molar-refractivity contribution in [1.29, 1.82) is 0 Å². The van der Waals surface area contributed by atoms with Gasteiger partial charge in [-0.25, -0.2) is 0 Å². The zero-order valence-corrected chi connectivity index (χ0v) is 19.9. The minimum absolute atomic E-state index is 0. The van der Waals surface area contributed by atoms with E-state index in [0.29, 0.717) is 0 Å². The van der Waals surface area contributed by atoms with Crippen molar-refractivity contribution in [2.75, 3.05) is 0 Å². The van der Waals surface area contributed by atoms with Crippen LogP contribution in [0.2, 0.25) is 0 Å². The molecule has 3 aliphatic carbocycles. The van der Waals surface area contributed by atoms with Crippen LogP contribution in [0, 0.1) is 0 Å². The van der Waals surface area contributed by atoms with Gasteiger partial charge in [0.05, 0.1) is 24.1 Å². The second-order valence-corrected chi connectivity index (χ2v) is 7.96. The van der Waals surface area contributed by atoms with Crippen LogP contribution in [0.5, 0.6) is 0 Å². The zero-order chi connectivity index (χ0) is 24.6. The maximum atomic E-state index is 10.3. The Morgan fingerprint density at radius 3 is 1.24 bits per heavy atom. The summed E-state index contributed by atoms with van der Waals surface area (Å²) in [6.07, 6.45) is -1.95. The fourth-order valence-corrected chi connectivity index (χ4v) is 3.33. The Balaban J connectivity index is 0.000000468. The number of hydrogen-bond acceptors (Lipinski definition) is 10. The van der Waals surface area contributed by atoms with Crippen molar-refractivity contribution >= 4 is 11.9 Å². The van der Waals surface area contributed by atoms with E-state index in [1.54, 1.807) is 0 Å². The molecule has 13 heteroatoms. The van der Waals surface area contributed by atoms with Gasteiger partial charge < -0.3 is 61.9 Å². The predicted octanol–water partition coefficient (Wildman–Crippen LogP) is -3.30. The molecule has 0 saturated heterocycles. The number of rotatable bonds is 2. The van der Waals surface area contributed by atoms with E-state index in [2.05, 4.69) is 0 Å². The summed E-state index contributed by atoms with van der Waals surface area (Å²) in [5, 5.41) is 74.5. The van der Waals surface area contributed by atoms with Crippen molar-refractivity contribution in [3.05, 3.63) is 34.8 Å². The molecular weight excluding hydrogens is 623 g/mol. The summed E-state index contributed by atoms with van der Waals surface area (Å²) in [6, 6.07) is -0.160. The van der Waals surface area contributed by atoms with Crippen LogP contribution in [0.25, 0.3) is 11.5 Å². The van der Waals surface area contributed by atoms with Gasteiger partial charge in [0.25, 0.3) is 0 Å².